The number of ketones is 1. The Balaban J connectivity index is 1.50. The smallest absolute Gasteiger partial charge is 0.332 e. The number of nitrogens with zero attached hydrogens (tertiary/aromatic N) is 2. The molecule has 0 saturated carbocycles. The number of Topliss-reactive ketones (excluding diaryl/α,β-unsaturated/α-hetero) is 1. The third kappa shape index (κ3) is 3.93. The number of aliphatic hydroxyl groups is 1. The highest BCUT2D eigenvalue weighted by atomic mass is 16.7. The molecule has 3 atom stereocenters. The van der Waals surface area contributed by atoms with E-state index in [0.717, 1.165) is 42.9 Å². The number of fused-ring (bicyclic) bond motifs is 2. The summed E-state index contributed by atoms with van der Waals surface area (Å²) in [6, 6.07) is 0.638. The number of amides is 1. The molecule has 138 valence electrons. The van der Waals surface area contributed by atoms with Gasteiger partial charge in [0.25, 0.3) is 5.91 Å². The summed E-state index contributed by atoms with van der Waals surface area (Å²) in [5, 5.41) is 10.4. The van der Waals surface area contributed by atoms with Crippen LogP contribution < -0.4 is 0 Å². The molecule has 1 amide bonds. The van der Waals surface area contributed by atoms with Gasteiger partial charge in [0.2, 0.25) is 0 Å². The molecule has 7 nitrogen and oxygen atoms in total. The van der Waals surface area contributed by atoms with Crippen molar-refractivity contribution >= 4 is 17.7 Å². The standard InChI is InChI=1S/C18H26N2O5/c1-12(21)14-5-2-4-13-7-8-15(14)19(13)11-3-6-18(24)25-20-16(22)9-10-17(20)23/h5,13,15-16,22H,2-4,6-11H2,1H3. The molecule has 3 rings (SSSR count). The number of carbonyl (C=O) groups excluding carboxylic acids is 3. The summed E-state index contributed by atoms with van der Waals surface area (Å²) in [5.74, 6) is -0.722. The molecule has 0 radical (unpaired) electrons. The first-order valence-corrected chi connectivity index (χ1v) is 9.15. The lowest BCUT2D eigenvalue weighted by molar-refractivity contribution is -0.220. The van der Waals surface area contributed by atoms with Crippen molar-refractivity contribution in [2.75, 3.05) is 6.54 Å². The Kier molecular flexibility index (Phi) is 5.54. The van der Waals surface area contributed by atoms with Crippen molar-refractivity contribution in [3.05, 3.63) is 11.6 Å². The van der Waals surface area contributed by atoms with Crippen molar-refractivity contribution in [1.82, 2.24) is 9.96 Å². The minimum absolute atomic E-state index is 0.137. The van der Waals surface area contributed by atoms with Crippen molar-refractivity contribution in [3.63, 3.8) is 0 Å². The zero-order chi connectivity index (χ0) is 18.0. The molecule has 0 spiro atoms. The molecule has 1 N–H and O–H groups in total. The molecule has 3 unspecified atom stereocenters. The zero-order valence-corrected chi connectivity index (χ0v) is 14.6. The van der Waals surface area contributed by atoms with Crippen LogP contribution in [0.3, 0.4) is 0 Å². The largest absolute Gasteiger partial charge is 0.370 e. The lowest BCUT2D eigenvalue weighted by atomic mass is 9.97. The summed E-state index contributed by atoms with van der Waals surface area (Å²) in [6.45, 7) is 2.35. The lowest BCUT2D eigenvalue weighted by Crippen LogP contribution is -2.38. The quantitative estimate of drug-likeness (QED) is 0.777. The summed E-state index contributed by atoms with van der Waals surface area (Å²) in [5.41, 5.74) is 0.911. The molecule has 3 aliphatic heterocycles. The fourth-order valence-electron chi connectivity index (χ4n) is 4.18. The predicted octanol–water partition coefficient (Wildman–Crippen LogP) is 1.31. The van der Waals surface area contributed by atoms with E-state index in [1.165, 1.54) is 0 Å². The van der Waals surface area contributed by atoms with Gasteiger partial charge in [0.05, 0.1) is 0 Å². The maximum atomic E-state index is 11.9. The molecular formula is C18H26N2O5. The average Bonchev–Trinajstić information content (AvgIpc) is 3.00. The highest BCUT2D eigenvalue weighted by Crippen LogP contribution is 2.35. The molecule has 0 aliphatic carbocycles. The van der Waals surface area contributed by atoms with Gasteiger partial charge in [0.15, 0.2) is 12.0 Å². The summed E-state index contributed by atoms with van der Waals surface area (Å²) in [6.07, 6.45) is 6.41. The van der Waals surface area contributed by atoms with Gasteiger partial charge in [-0.2, -0.15) is 0 Å². The zero-order valence-electron chi connectivity index (χ0n) is 14.6. The van der Waals surface area contributed by atoms with Crippen molar-refractivity contribution in [2.24, 2.45) is 0 Å². The van der Waals surface area contributed by atoms with Crippen molar-refractivity contribution in [3.8, 4) is 0 Å². The second-order valence-corrected chi connectivity index (χ2v) is 7.08. The number of hydrogen-bond acceptors (Lipinski definition) is 6. The molecule has 0 aromatic carbocycles. The summed E-state index contributed by atoms with van der Waals surface area (Å²) < 4.78 is 0. The van der Waals surface area contributed by atoms with Crippen molar-refractivity contribution in [1.29, 1.82) is 0 Å². The van der Waals surface area contributed by atoms with Gasteiger partial charge < -0.3 is 9.94 Å². The first-order valence-electron chi connectivity index (χ1n) is 9.15. The summed E-state index contributed by atoms with van der Waals surface area (Å²) in [7, 11) is 0. The molecule has 25 heavy (non-hydrogen) atoms. The van der Waals surface area contributed by atoms with Crippen LogP contribution in [-0.4, -0.2) is 57.6 Å². The number of hydrogen-bond donors (Lipinski definition) is 1. The van der Waals surface area contributed by atoms with Crippen LogP contribution in [0.15, 0.2) is 11.6 Å². The fraction of sp³-hybridized carbons (Fsp3) is 0.722. The maximum absolute atomic E-state index is 11.9. The van der Waals surface area contributed by atoms with E-state index in [4.69, 9.17) is 4.84 Å². The monoisotopic (exact) mass is 350 g/mol. The molecule has 0 aromatic heterocycles. The van der Waals surface area contributed by atoms with E-state index in [1.807, 2.05) is 0 Å². The van der Waals surface area contributed by atoms with Crippen LogP contribution in [-0.2, 0) is 19.2 Å². The summed E-state index contributed by atoms with van der Waals surface area (Å²) >= 11 is 0. The second kappa shape index (κ2) is 7.66. The van der Waals surface area contributed by atoms with Crippen LogP contribution in [0, 0.1) is 0 Å². The van der Waals surface area contributed by atoms with E-state index < -0.39 is 12.2 Å². The highest BCUT2D eigenvalue weighted by molar-refractivity contribution is 5.94. The first kappa shape index (κ1) is 18.1. The molecule has 3 heterocycles. The van der Waals surface area contributed by atoms with Crippen LogP contribution in [0.1, 0.15) is 58.3 Å². The van der Waals surface area contributed by atoms with Gasteiger partial charge in [-0.3, -0.25) is 14.5 Å². The third-order valence-corrected chi connectivity index (χ3v) is 5.40. The topological polar surface area (TPSA) is 87.2 Å². The molecule has 7 heteroatoms. The summed E-state index contributed by atoms with van der Waals surface area (Å²) in [4.78, 5) is 42.7. The highest BCUT2D eigenvalue weighted by Gasteiger charge is 2.38. The second-order valence-electron chi connectivity index (χ2n) is 7.08. The Labute approximate surface area is 147 Å². The van der Waals surface area contributed by atoms with Gasteiger partial charge in [0, 0.05) is 36.9 Å². The van der Waals surface area contributed by atoms with Gasteiger partial charge in [-0.05, 0) is 45.6 Å². The number of allylic oxidation sites excluding steroid dienone is 1. The number of carbonyl (C=O) groups is 3. The Morgan fingerprint density at radius 3 is 2.76 bits per heavy atom. The minimum Gasteiger partial charge on any atom is -0.370 e. The molecule has 2 fully saturated rings. The maximum Gasteiger partial charge on any atom is 0.332 e. The van der Waals surface area contributed by atoms with Gasteiger partial charge >= 0.3 is 5.97 Å². The van der Waals surface area contributed by atoms with Crippen LogP contribution in [0.25, 0.3) is 0 Å². The van der Waals surface area contributed by atoms with E-state index in [2.05, 4.69) is 11.0 Å². The third-order valence-electron chi connectivity index (χ3n) is 5.40. The van der Waals surface area contributed by atoms with E-state index in [0.29, 0.717) is 18.9 Å². The Morgan fingerprint density at radius 2 is 2.08 bits per heavy atom. The van der Waals surface area contributed by atoms with Gasteiger partial charge in [0.1, 0.15) is 0 Å². The number of aliphatic hydroxyl groups excluding tert-OH is 1. The fourth-order valence-corrected chi connectivity index (χ4v) is 4.18. The lowest BCUT2D eigenvalue weighted by Gasteiger charge is -2.29. The molecule has 0 aromatic rings. The Bertz CT molecular complexity index is 588. The van der Waals surface area contributed by atoms with Gasteiger partial charge in [-0.25, -0.2) is 4.79 Å². The number of rotatable bonds is 6. The van der Waals surface area contributed by atoms with Crippen LogP contribution in [0.2, 0.25) is 0 Å². The molecule has 2 bridgehead atoms. The minimum atomic E-state index is -1.03. The van der Waals surface area contributed by atoms with Crippen molar-refractivity contribution < 1.29 is 24.3 Å². The molecule has 2 saturated heterocycles. The average molecular weight is 350 g/mol. The Morgan fingerprint density at radius 1 is 1.28 bits per heavy atom. The van der Waals surface area contributed by atoms with Gasteiger partial charge in [-0.15, -0.1) is 5.06 Å². The van der Waals surface area contributed by atoms with Crippen LogP contribution in [0.5, 0.6) is 0 Å². The molecular weight excluding hydrogens is 324 g/mol. The predicted molar refractivity (Wildman–Crippen MR) is 88.9 cm³/mol. The van der Waals surface area contributed by atoms with Crippen LogP contribution >= 0.6 is 0 Å². The first-order chi connectivity index (χ1) is 12.0. The number of hydroxylamine groups is 2. The van der Waals surface area contributed by atoms with Gasteiger partial charge in [-0.1, -0.05) is 6.08 Å². The van der Waals surface area contributed by atoms with Crippen molar-refractivity contribution in [2.45, 2.75) is 76.6 Å². The van der Waals surface area contributed by atoms with E-state index in [1.54, 1.807) is 6.92 Å². The Hall–Kier alpha value is -1.73. The van der Waals surface area contributed by atoms with E-state index >= 15 is 0 Å². The van der Waals surface area contributed by atoms with E-state index in [9.17, 15) is 19.5 Å². The molecule has 3 aliphatic rings. The SMILES string of the molecule is CC(=O)C1=CCCC2CCC1N2CCCC(=O)ON1C(=O)CCC1O. The van der Waals surface area contributed by atoms with E-state index in [-0.39, 0.29) is 30.6 Å². The normalized spacial score (nSPS) is 29.5. The van der Waals surface area contributed by atoms with Crippen LogP contribution in [0.4, 0.5) is 0 Å².